The molecule has 1 aliphatic rings. The van der Waals surface area contributed by atoms with E-state index in [2.05, 4.69) is 10.6 Å². The van der Waals surface area contributed by atoms with Gasteiger partial charge in [0.1, 0.15) is 19.7 Å². The van der Waals surface area contributed by atoms with Crippen LogP contribution in [0.2, 0.25) is 5.02 Å². The van der Waals surface area contributed by atoms with E-state index in [1.54, 1.807) is 24.3 Å². The van der Waals surface area contributed by atoms with Crippen LogP contribution in [0.1, 0.15) is 15.9 Å². The zero-order valence-electron chi connectivity index (χ0n) is 15.8. The van der Waals surface area contributed by atoms with Crippen LogP contribution < -0.4 is 20.1 Å². The molecule has 148 valence electrons. The number of ether oxygens (including phenoxy) is 2. The second-order valence-corrected chi connectivity index (χ2v) is 7.27. The number of anilines is 1. The van der Waals surface area contributed by atoms with E-state index in [1.807, 2.05) is 48.5 Å². The summed E-state index contributed by atoms with van der Waals surface area (Å²) in [5, 5.41) is 5.52. The first kappa shape index (κ1) is 19.3. The number of carbonyl (C=O) groups is 1. The number of amides is 1. The number of fused-ring (bicyclic) bond motifs is 1. The van der Waals surface area contributed by atoms with Crippen LogP contribution in [0.4, 0.5) is 5.69 Å². The lowest BCUT2D eigenvalue weighted by atomic mass is 10.1. The van der Waals surface area contributed by atoms with Crippen molar-refractivity contribution < 1.29 is 19.6 Å². The number of para-hydroxylation sites is 2. The molecule has 0 saturated carbocycles. The average Bonchev–Trinajstić information content (AvgIpc) is 2.74. The second-order valence-electron chi connectivity index (χ2n) is 6.86. The molecule has 1 heterocycles. The highest BCUT2D eigenvalue weighted by molar-refractivity contribution is 6.34. The first-order valence-corrected chi connectivity index (χ1v) is 9.92. The third-order valence-electron chi connectivity index (χ3n) is 4.68. The molecule has 5 nitrogen and oxygen atoms in total. The van der Waals surface area contributed by atoms with E-state index in [9.17, 15) is 4.79 Å². The van der Waals surface area contributed by atoms with Gasteiger partial charge >= 0.3 is 0 Å². The number of quaternary nitrogens is 1. The lowest BCUT2D eigenvalue weighted by molar-refractivity contribution is -0.676. The summed E-state index contributed by atoms with van der Waals surface area (Å²) in [7, 11) is 0. The van der Waals surface area contributed by atoms with Gasteiger partial charge in [-0.05, 0) is 36.4 Å². The van der Waals surface area contributed by atoms with E-state index in [0.29, 0.717) is 17.2 Å². The Labute approximate surface area is 174 Å². The Bertz CT molecular complexity index is 1010. The molecular weight excluding hydrogens is 388 g/mol. The highest BCUT2D eigenvalue weighted by Gasteiger charge is 2.21. The van der Waals surface area contributed by atoms with Crippen molar-refractivity contribution in [3.8, 4) is 11.5 Å². The molecule has 0 saturated heterocycles. The molecule has 3 aromatic rings. The van der Waals surface area contributed by atoms with Gasteiger partial charge in [-0.15, -0.1) is 0 Å². The molecule has 0 radical (unpaired) electrons. The van der Waals surface area contributed by atoms with Crippen molar-refractivity contribution in [3.63, 3.8) is 0 Å². The monoisotopic (exact) mass is 409 g/mol. The Balaban J connectivity index is 1.30. The Morgan fingerprint density at radius 2 is 1.83 bits per heavy atom. The molecule has 0 fully saturated rings. The van der Waals surface area contributed by atoms with Crippen molar-refractivity contribution in [2.75, 3.05) is 18.5 Å². The van der Waals surface area contributed by atoms with Gasteiger partial charge in [0.2, 0.25) is 0 Å². The molecule has 3 N–H and O–H groups in total. The quantitative estimate of drug-likeness (QED) is 0.655. The fourth-order valence-electron chi connectivity index (χ4n) is 3.23. The van der Waals surface area contributed by atoms with Gasteiger partial charge in [0.25, 0.3) is 5.91 Å². The van der Waals surface area contributed by atoms with Gasteiger partial charge in [-0.2, -0.15) is 0 Å². The van der Waals surface area contributed by atoms with E-state index < -0.39 is 0 Å². The topological polar surface area (TPSA) is 64.2 Å². The fraction of sp³-hybridized carbons (Fsp3) is 0.174. The fourth-order valence-corrected chi connectivity index (χ4v) is 3.46. The molecule has 4 rings (SSSR count). The number of carbonyl (C=O) groups excluding carboxylic acids is 1. The summed E-state index contributed by atoms with van der Waals surface area (Å²) in [6.45, 7) is 2.10. The van der Waals surface area contributed by atoms with Crippen LogP contribution in [-0.4, -0.2) is 25.2 Å². The largest absolute Gasteiger partial charge is 0.486 e. The van der Waals surface area contributed by atoms with Crippen LogP contribution in [-0.2, 0) is 6.54 Å². The predicted molar refractivity (Wildman–Crippen MR) is 113 cm³/mol. The number of hydrogen-bond donors (Lipinski definition) is 2. The van der Waals surface area contributed by atoms with Crippen molar-refractivity contribution in [1.29, 1.82) is 0 Å². The molecule has 0 spiro atoms. The highest BCUT2D eigenvalue weighted by Crippen LogP contribution is 2.30. The van der Waals surface area contributed by atoms with Crippen molar-refractivity contribution in [3.05, 3.63) is 88.9 Å². The van der Waals surface area contributed by atoms with Gasteiger partial charge in [0.15, 0.2) is 17.6 Å². The molecule has 0 unspecified atom stereocenters. The van der Waals surface area contributed by atoms with Gasteiger partial charge in [-0.25, -0.2) is 0 Å². The number of nitrogens with one attached hydrogen (secondary N) is 1. The number of hydrogen-bond acceptors (Lipinski definition) is 3. The summed E-state index contributed by atoms with van der Waals surface area (Å²) in [5.41, 5.74) is 2.31. The molecule has 1 amide bonds. The van der Waals surface area contributed by atoms with Crippen molar-refractivity contribution >= 4 is 23.2 Å². The average molecular weight is 410 g/mol. The smallest absolute Gasteiger partial charge is 0.257 e. The third-order valence-corrected chi connectivity index (χ3v) is 5.01. The molecule has 1 atom stereocenters. The number of rotatable bonds is 6. The van der Waals surface area contributed by atoms with E-state index in [1.165, 1.54) is 0 Å². The first-order valence-electron chi connectivity index (χ1n) is 9.54. The minimum atomic E-state index is -0.219. The van der Waals surface area contributed by atoms with Crippen molar-refractivity contribution in [1.82, 2.24) is 0 Å². The van der Waals surface area contributed by atoms with Crippen LogP contribution in [0.25, 0.3) is 0 Å². The Morgan fingerprint density at radius 1 is 1.03 bits per heavy atom. The second kappa shape index (κ2) is 8.99. The Morgan fingerprint density at radius 3 is 2.69 bits per heavy atom. The minimum absolute atomic E-state index is 0.00741. The molecule has 6 heteroatoms. The number of nitrogens with two attached hydrogens (primary N) is 1. The molecule has 1 aliphatic heterocycles. The number of benzene rings is 3. The normalized spacial score (nSPS) is 15.0. The van der Waals surface area contributed by atoms with Gasteiger partial charge in [0, 0.05) is 11.3 Å². The summed E-state index contributed by atoms with van der Waals surface area (Å²) in [6, 6.07) is 22.5. The van der Waals surface area contributed by atoms with Gasteiger partial charge in [-0.1, -0.05) is 48.0 Å². The summed E-state index contributed by atoms with van der Waals surface area (Å²) in [4.78, 5) is 12.4. The third kappa shape index (κ3) is 4.88. The van der Waals surface area contributed by atoms with E-state index >= 15 is 0 Å². The van der Waals surface area contributed by atoms with E-state index in [-0.39, 0.29) is 12.0 Å². The van der Waals surface area contributed by atoms with Gasteiger partial charge in [-0.3, -0.25) is 4.79 Å². The molecular formula is C23H22ClN2O3+. The van der Waals surface area contributed by atoms with E-state index in [0.717, 1.165) is 35.8 Å². The molecule has 3 aromatic carbocycles. The number of halogens is 1. The maximum Gasteiger partial charge on any atom is 0.257 e. The summed E-state index contributed by atoms with van der Waals surface area (Å²) in [5.74, 6) is 1.37. The lowest BCUT2D eigenvalue weighted by Crippen LogP contribution is -2.85. The lowest BCUT2D eigenvalue weighted by Gasteiger charge is -2.25. The molecule has 0 bridgehead atoms. The maximum absolute atomic E-state index is 12.4. The molecule has 0 aliphatic carbocycles. The van der Waals surface area contributed by atoms with Gasteiger partial charge in [0.05, 0.1) is 10.6 Å². The van der Waals surface area contributed by atoms with Crippen molar-refractivity contribution in [2.24, 2.45) is 0 Å². The van der Waals surface area contributed by atoms with Crippen LogP contribution in [0.5, 0.6) is 11.5 Å². The summed E-state index contributed by atoms with van der Waals surface area (Å²) in [6.07, 6.45) is 0.00741. The standard InChI is InChI=1S/C23H21ClN2O3/c24-20-9-2-1-8-19(20)23(27)26-17-7-5-6-16(12-17)13-25-14-18-15-28-21-10-3-4-11-22(21)29-18/h1-12,18,25H,13-15H2,(H,26,27)/p+1/t18-/m0/s1. The zero-order chi connectivity index (χ0) is 20.1. The van der Waals surface area contributed by atoms with Crippen molar-refractivity contribution in [2.45, 2.75) is 12.6 Å². The summed E-state index contributed by atoms with van der Waals surface area (Å²) < 4.78 is 11.7. The molecule has 29 heavy (non-hydrogen) atoms. The van der Waals surface area contributed by atoms with Crippen LogP contribution in [0.3, 0.4) is 0 Å². The van der Waals surface area contributed by atoms with Gasteiger partial charge < -0.3 is 20.1 Å². The Kier molecular flexibility index (Phi) is 5.98. The Hall–Kier alpha value is -3.02. The van der Waals surface area contributed by atoms with Crippen LogP contribution in [0, 0.1) is 0 Å². The minimum Gasteiger partial charge on any atom is -0.486 e. The predicted octanol–water partition coefficient (Wildman–Crippen LogP) is 3.50. The zero-order valence-corrected chi connectivity index (χ0v) is 16.6. The summed E-state index contributed by atoms with van der Waals surface area (Å²) >= 11 is 6.10. The van der Waals surface area contributed by atoms with Crippen LogP contribution in [0.15, 0.2) is 72.8 Å². The first-order chi connectivity index (χ1) is 14.2. The highest BCUT2D eigenvalue weighted by atomic mass is 35.5. The SMILES string of the molecule is O=C(Nc1cccc(C[NH2+]C[C@H]2COc3ccccc3O2)c1)c1ccccc1Cl. The van der Waals surface area contributed by atoms with E-state index in [4.69, 9.17) is 21.1 Å². The molecule has 0 aromatic heterocycles. The maximum atomic E-state index is 12.4. The van der Waals surface area contributed by atoms with Crippen LogP contribution >= 0.6 is 11.6 Å².